The van der Waals surface area contributed by atoms with Gasteiger partial charge in [0.05, 0.1) is 16.9 Å². The van der Waals surface area contributed by atoms with Crippen LogP contribution in [-0.4, -0.2) is 35.1 Å². The SMILES string of the molecule is CN(C)C(=O)Sc1ccccc1NC(=O)c1cccc(OCc2cscn2)c1. The Morgan fingerprint density at radius 3 is 2.75 bits per heavy atom. The maximum atomic E-state index is 12.7. The molecular formula is C20H19N3O3S2. The van der Waals surface area contributed by atoms with Gasteiger partial charge in [0, 0.05) is 29.9 Å². The molecule has 0 unspecified atom stereocenters. The second-order valence-corrected chi connectivity index (χ2v) is 7.72. The molecule has 8 heteroatoms. The van der Waals surface area contributed by atoms with Crippen molar-refractivity contribution in [3.8, 4) is 5.75 Å². The number of aromatic nitrogens is 1. The lowest BCUT2D eigenvalue weighted by Gasteiger charge is -2.13. The number of thioether (sulfide) groups is 1. The molecular weight excluding hydrogens is 394 g/mol. The molecule has 2 amide bonds. The number of para-hydroxylation sites is 1. The molecule has 0 fully saturated rings. The first kappa shape index (κ1) is 19.9. The van der Waals surface area contributed by atoms with E-state index in [0.717, 1.165) is 17.5 Å². The fourth-order valence-corrected chi connectivity index (χ4v) is 3.52. The number of anilines is 1. The van der Waals surface area contributed by atoms with Crippen LogP contribution in [0.1, 0.15) is 16.1 Å². The van der Waals surface area contributed by atoms with E-state index in [1.165, 1.54) is 16.2 Å². The minimum absolute atomic E-state index is 0.112. The molecule has 1 heterocycles. The van der Waals surface area contributed by atoms with Crippen molar-refractivity contribution in [1.29, 1.82) is 0 Å². The molecule has 0 bridgehead atoms. The summed E-state index contributed by atoms with van der Waals surface area (Å²) in [5.74, 6) is 0.315. The molecule has 0 aliphatic carbocycles. The van der Waals surface area contributed by atoms with Gasteiger partial charge in [0.15, 0.2) is 0 Å². The number of hydrogen-bond donors (Lipinski definition) is 1. The number of benzene rings is 2. The topological polar surface area (TPSA) is 71.5 Å². The molecule has 1 N–H and O–H groups in total. The van der Waals surface area contributed by atoms with Gasteiger partial charge in [0.2, 0.25) is 0 Å². The van der Waals surface area contributed by atoms with Gasteiger partial charge >= 0.3 is 0 Å². The maximum absolute atomic E-state index is 12.7. The summed E-state index contributed by atoms with van der Waals surface area (Å²) in [4.78, 5) is 31.0. The Labute approximate surface area is 171 Å². The molecule has 0 aliphatic heterocycles. The van der Waals surface area contributed by atoms with Crippen LogP contribution in [0.4, 0.5) is 10.5 Å². The predicted octanol–water partition coefficient (Wildman–Crippen LogP) is 4.75. The van der Waals surface area contributed by atoms with Gasteiger partial charge < -0.3 is 15.0 Å². The van der Waals surface area contributed by atoms with E-state index in [4.69, 9.17) is 4.74 Å². The average Bonchev–Trinajstić information content (AvgIpc) is 3.21. The second kappa shape index (κ2) is 9.38. The highest BCUT2D eigenvalue weighted by atomic mass is 32.2. The quantitative estimate of drug-likeness (QED) is 0.591. The first-order chi connectivity index (χ1) is 13.5. The van der Waals surface area contributed by atoms with Gasteiger partial charge in [-0.05, 0) is 42.1 Å². The van der Waals surface area contributed by atoms with Crippen LogP contribution in [0.2, 0.25) is 0 Å². The van der Waals surface area contributed by atoms with Gasteiger partial charge in [0.1, 0.15) is 12.4 Å². The number of carbonyl (C=O) groups excluding carboxylic acids is 2. The Morgan fingerprint density at radius 2 is 2.00 bits per heavy atom. The monoisotopic (exact) mass is 413 g/mol. The predicted molar refractivity (Wildman–Crippen MR) is 112 cm³/mol. The molecule has 1 aromatic heterocycles. The molecule has 3 rings (SSSR count). The van der Waals surface area contributed by atoms with E-state index in [9.17, 15) is 9.59 Å². The number of amides is 2. The summed E-state index contributed by atoms with van der Waals surface area (Å²) in [5.41, 5.74) is 3.64. The van der Waals surface area contributed by atoms with Crippen LogP contribution in [0.3, 0.4) is 0 Å². The largest absolute Gasteiger partial charge is 0.487 e. The normalized spacial score (nSPS) is 10.4. The van der Waals surface area contributed by atoms with Crippen molar-refractivity contribution in [1.82, 2.24) is 9.88 Å². The molecule has 0 aliphatic rings. The van der Waals surface area contributed by atoms with E-state index < -0.39 is 0 Å². The lowest BCUT2D eigenvalue weighted by atomic mass is 10.2. The summed E-state index contributed by atoms with van der Waals surface area (Å²) in [5, 5.41) is 4.68. The number of ether oxygens (including phenoxy) is 1. The Balaban J connectivity index is 1.69. The number of hydrogen-bond acceptors (Lipinski definition) is 6. The maximum Gasteiger partial charge on any atom is 0.286 e. The van der Waals surface area contributed by atoms with E-state index in [1.807, 2.05) is 17.5 Å². The number of nitrogens with one attached hydrogen (secondary N) is 1. The molecule has 0 saturated carbocycles. The molecule has 0 saturated heterocycles. The number of nitrogens with zero attached hydrogens (tertiary/aromatic N) is 2. The zero-order valence-electron chi connectivity index (χ0n) is 15.4. The van der Waals surface area contributed by atoms with Crippen LogP contribution < -0.4 is 10.1 Å². The van der Waals surface area contributed by atoms with Gasteiger partial charge in [-0.2, -0.15) is 0 Å². The average molecular weight is 414 g/mol. The Morgan fingerprint density at radius 1 is 1.18 bits per heavy atom. The van der Waals surface area contributed by atoms with Crippen molar-refractivity contribution >= 4 is 39.9 Å². The third kappa shape index (κ3) is 5.34. The van der Waals surface area contributed by atoms with Crippen molar-refractivity contribution < 1.29 is 14.3 Å². The van der Waals surface area contributed by atoms with E-state index in [0.29, 0.717) is 28.5 Å². The highest BCUT2D eigenvalue weighted by Crippen LogP contribution is 2.29. The summed E-state index contributed by atoms with van der Waals surface area (Å²) in [6.45, 7) is 0.348. The van der Waals surface area contributed by atoms with Crippen LogP contribution in [0.25, 0.3) is 0 Å². The molecule has 2 aromatic carbocycles. The summed E-state index contributed by atoms with van der Waals surface area (Å²) in [6.07, 6.45) is 0. The zero-order chi connectivity index (χ0) is 19.9. The fraction of sp³-hybridized carbons (Fsp3) is 0.150. The summed E-state index contributed by atoms with van der Waals surface area (Å²) in [6, 6.07) is 14.2. The van der Waals surface area contributed by atoms with E-state index in [2.05, 4.69) is 10.3 Å². The van der Waals surface area contributed by atoms with E-state index in [1.54, 1.807) is 56.0 Å². The van der Waals surface area contributed by atoms with Crippen molar-refractivity contribution in [2.45, 2.75) is 11.5 Å². The van der Waals surface area contributed by atoms with Gasteiger partial charge in [-0.1, -0.05) is 18.2 Å². The van der Waals surface area contributed by atoms with Crippen molar-refractivity contribution in [3.63, 3.8) is 0 Å². The molecule has 144 valence electrons. The third-order valence-corrected chi connectivity index (χ3v) is 5.42. The van der Waals surface area contributed by atoms with E-state index >= 15 is 0 Å². The van der Waals surface area contributed by atoms with Crippen LogP contribution in [0.5, 0.6) is 5.75 Å². The summed E-state index contributed by atoms with van der Waals surface area (Å²) < 4.78 is 5.70. The minimum Gasteiger partial charge on any atom is -0.487 e. The van der Waals surface area contributed by atoms with Gasteiger partial charge in [0.25, 0.3) is 11.1 Å². The van der Waals surface area contributed by atoms with Crippen molar-refractivity contribution in [3.05, 3.63) is 70.7 Å². The Kier molecular flexibility index (Phi) is 6.67. The van der Waals surface area contributed by atoms with Gasteiger partial charge in [-0.25, -0.2) is 4.98 Å². The Bertz CT molecular complexity index is 959. The first-order valence-corrected chi connectivity index (χ1v) is 10.2. The van der Waals surface area contributed by atoms with Crippen LogP contribution in [0.15, 0.2) is 64.3 Å². The zero-order valence-corrected chi connectivity index (χ0v) is 17.0. The van der Waals surface area contributed by atoms with Crippen LogP contribution >= 0.6 is 23.1 Å². The summed E-state index contributed by atoms with van der Waals surface area (Å²) in [7, 11) is 3.38. The highest BCUT2D eigenvalue weighted by molar-refractivity contribution is 8.13. The van der Waals surface area contributed by atoms with Crippen molar-refractivity contribution in [2.24, 2.45) is 0 Å². The molecule has 0 atom stereocenters. The smallest absolute Gasteiger partial charge is 0.286 e. The summed E-state index contributed by atoms with van der Waals surface area (Å²) >= 11 is 2.57. The standard InChI is InChI=1S/C20H19N3O3S2/c1-23(2)20(25)28-18-9-4-3-8-17(18)22-19(24)14-6-5-7-16(10-14)26-11-15-12-27-13-21-15/h3-10,12-13H,11H2,1-2H3,(H,22,24). The lowest BCUT2D eigenvalue weighted by molar-refractivity contribution is 0.102. The molecule has 0 spiro atoms. The Hall–Kier alpha value is -2.84. The molecule has 28 heavy (non-hydrogen) atoms. The van der Waals surface area contributed by atoms with Crippen molar-refractivity contribution in [2.75, 3.05) is 19.4 Å². The highest BCUT2D eigenvalue weighted by Gasteiger charge is 2.14. The van der Waals surface area contributed by atoms with Gasteiger partial charge in [-0.3, -0.25) is 9.59 Å². The molecule has 3 aromatic rings. The number of rotatable bonds is 6. The first-order valence-electron chi connectivity index (χ1n) is 8.42. The van der Waals surface area contributed by atoms with Crippen LogP contribution in [-0.2, 0) is 6.61 Å². The second-order valence-electron chi connectivity index (χ2n) is 6.01. The number of thiazole rings is 1. The van der Waals surface area contributed by atoms with E-state index in [-0.39, 0.29) is 11.1 Å². The van der Waals surface area contributed by atoms with Crippen LogP contribution in [0, 0.1) is 0 Å². The number of carbonyl (C=O) groups is 2. The van der Waals surface area contributed by atoms with Gasteiger partial charge in [-0.15, -0.1) is 11.3 Å². The molecule has 6 nitrogen and oxygen atoms in total. The third-order valence-electron chi connectivity index (χ3n) is 3.66. The fourth-order valence-electron chi connectivity index (χ4n) is 2.23. The minimum atomic E-state index is -0.274. The molecule has 0 radical (unpaired) electrons. The lowest BCUT2D eigenvalue weighted by Crippen LogP contribution is -2.17.